The van der Waals surface area contributed by atoms with E-state index in [1.54, 1.807) is 24.3 Å². The maximum atomic E-state index is 9.81. The van der Waals surface area contributed by atoms with Gasteiger partial charge < -0.3 is 24.8 Å². The lowest BCUT2D eigenvalue weighted by molar-refractivity contribution is -0.267. The van der Waals surface area contributed by atoms with Gasteiger partial charge in [0.15, 0.2) is 0 Å². The predicted molar refractivity (Wildman–Crippen MR) is 69.5 cm³/mol. The van der Waals surface area contributed by atoms with Gasteiger partial charge in [-0.1, -0.05) is 11.6 Å². The van der Waals surface area contributed by atoms with E-state index in [1.165, 1.54) is 0 Å². The Morgan fingerprint density at radius 2 is 1.68 bits per heavy atom. The minimum absolute atomic E-state index is 0.0224. The monoisotopic (exact) mass is 308 g/mol. The van der Waals surface area contributed by atoms with Crippen LogP contribution < -0.4 is 4.74 Å². The summed E-state index contributed by atoms with van der Waals surface area (Å²) in [7, 11) is 0. The third-order valence-electron chi connectivity index (χ3n) is 2.89. The van der Waals surface area contributed by atoms with Crippen LogP contribution in [0.5, 0.6) is 5.75 Å². The molecule has 0 aromatic heterocycles. The molecule has 0 spiro atoms. The standard InChI is InChI=1S/C12H14Cl2O5/c13-5-8-9(15)10(16)11(17)12(19-8)18-7-3-1-6(14)2-4-7/h1-4,8-12,15-17H,5H2/t8-,9-,10+,11-,12-/m1/s1. The first kappa shape index (κ1) is 14.8. The molecule has 106 valence electrons. The van der Waals surface area contributed by atoms with Crippen LogP contribution in [0.2, 0.25) is 5.02 Å². The zero-order valence-corrected chi connectivity index (χ0v) is 11.3. The molecule has 0 amide bonds. The van der Waals surface area contributed by atoms with Crippen LogP contribution >= 0.6 is 23.2 Å². The lowest BCUT2D eigenvalue weighted by atomic mass is 10.00. The van der Waals surface area contributed by atoms with E-state index in [9.17, 15) is 15.3 Å². The molecule has 1 aromatic carbocycles. The van der Waals surface area contributed by atoms with E-state index in [2.05, 4.69) is 0 Å². The molecule has 1 aliphatic heterocycles. The van der Waals surface area contributed by atoms with Gasteiger partial charge in [-0.15, -0.1) is 11.6 Å². The molecular formula is C12H14Cl2O5. The van der Waals surface area contributed by atoms with Crippen molar-refractivity contribution in [1.82, 2.24) is 0 Å². The highest BCUT2D eigenvalue weighted by atomic mass is 35.5. The summed E-state index contributed by atoms with van der Waals surface area (Å²) < 4.78 is 10.7. The molecule has 7 heteroatoms. The summed E-state index contributed by atoms with van der Waals surface area (Å²) in [6.45, 7) is 0. The van der Waals surface area contributed by atoms with Crippen LogP contribution in [-0.4, -0.2) is 51.9 Å². The highest BCUT2D eigenvalue weighted by molar-refractivity contribution is 6.30. The van der Waals surface area contributed by atoms with Crippen LogP contribution in [0.25, 0.3) is 0 Å². The Labute approximate surface area is 120 Å². The van der Waals surface area contributed by atoms with Crippen LogP contribution in [0, 0.1) is 0 Å². The second-order valence-corrected chi connectivity index (χ2v) is 4.99. The predicted octanol–water partition coefficient (Wildman–Crippen LogP) is 0.765. The van der Waals surface area contributed by atoms with E-state index >= 15 is 0 Å². The molecule has 1 aromatic rings. The van der Waals surface area contributed by atoms with Gasteiger partial charge in [-0.05, 0) is 24.3 Å². The fraction of sp³-hybridized carbons (Fsp3) is 0.500. The number of aliphatic hydroxyl groups excluding tert-OH is 3. The van der Waals surface area contributed by atoms with Crippen molar-refractivity contribution in [2.75, 3.05) is 5.88 Å². The summed E-state index contributed by atoms with van der Waals surface area (Å²) in [4.78, 5) is 0. The Balaban J connectivity index is 2.08. The molecule has 1 saturated heterocycles. The third-order valence-corrected chi connectivity index (χ3v) is 3.44. The minimum atomic E-state index is -1.38. The van der Waals surface area contributed by atoms with Crippen molar-refractivity contribution < 1.29 is 24.8 Å². The Bertz CT molecular complexity index is 411. The van der Waals surface area contributed by atoms with Gasteiger partial charge in [0.05, 0.1) is 5.88 Å². The van der Waals surface area contributed by atoms with Gasteiger partial charge in [-0.2, -0.15) is 0 Å². The van der Waals surface area contributed by atoms with Gasteiger partial charge in [-0.3, -0.25) is 0 Å². The summed E-state index contributed by atoms with van der Waals surface area (Å²) in [5.74, 6) is 0.399. The zero-order valence-electron chi connectivity index (χ0n) is 9.82. The fourth-order valence-corrected chi connectivity index (χ4v) is 2.17. The molecule has 5 atom stereocenters. The number of halogens is 2. The lowest BCUT2D eigenvalue weighted by Crippen LogP contribution is -2.59. The molecule has 0 aliphatic carbocycles. The topological polar surface area (TPSA) is 79.2 Å². The molecule has 1 aliphatic rings. The van der Waals surface area contributed by atoms with Crippen LogP contribution in [0.4, 0.5) is 0 Å². The average molecular weight is 309 g/mol. The SMILES string of the molecule is O[C@@H]1[C@@H](O)[C@H](Oc2ccc(Cl)cc2)O[C@H](CCl)[C@H]1O. The Hall–Kier alpha value is -0.560. The van der Waals surface area contributed by atoms with Crippen molar-refractivity contribution in [3.05, 3.63) is 29.3 Å². The Kier molecular flexibility index (Phi) is 4.89. The number of ether oxygens (including phenoxy) is 2. The summed E-state index contributed by atoms with van der Waals surface area (Å²) in [5.41, 5.74) is 0. The largest absolute Gasteiger partial charge is 0.462 e. The number of benzene rings is 1. The highest BCUT2D eigenvalue weighted by Crippen LogP contribution is 2.25. The molecular weight excluding hydrogens is 295 g/mol. The minimum Gasteiger partial charge on any atom is -0.462 e. The second kappa shape index (κ2) is 6.26. The number of aliphatic hydroxyl groups is 3. The van der Waals surface area contributed by atoms with Gasteiger partial charge in [0.1, 0.15) is 30.2 Å². The number of rotatable bonds is 3. The first-order valence-electron chi connectivity index (χ1n) is 5.71. The average Bonchev–Trinajstić information content (AvgIpc) is 2.42. The van der Waals surface area contributed by atoms with E-state index in [0.717, 1.165) is 0 Å². The molecule has 5 nitrogen and oxygen atoms in total. The smallest absolute Gasteiger partial charge is 0.229 e. The van der Waals surface area contributed by atoms with E-state index in [0.29, 0.717) is 10.8 Å². The van der Waals surface area contributed by atoms with E-state index in [4.69, 9.17) is 32.7 Å². The summed E-state index contributed by atoms with van der Waals surface area (Å²) in [6, 6.07) is 6.45. The van der Waals surface area contributed by atoms with Crippen molar-refractivity contribution in [2.24, 2.45) is 0 Å². The Morgan fingerprint density at radius 3 is 2.26 bits per heavy atom. The summed E-state index contributed by atoms with van der Waals surface area (Å²) >= 11 is 11.4. The molecule has 19 heavy (non-hydrogen) atoms. The van der Waals surface area contributed by atoms with Crippen molar-refractivity contribution >= 4 is 23.2 Å². The first-order chi connectivity index (χ1) is 9.02. The quantitative estimate of drug-likeness (QED) is 0.719. The number of hydrogen-bond acceptors (Lipinski definition) is 5. The number of alkyl halides is 1. The van der Waals surface area contributed by atoms with Gasteiger partial charge in [0, 0.05) is 5.02 Å². The van der Waals surface area contributed by atoms with Crippen molar-refractivity contribution in [3.63, 3.8) is 0 Å². The molecule has 1 heterocycles. The van der Waals surface area contributed by atoms with E-state index < -0.39 is 30.7 Å². The molecule has 1 fully saturated rings. The maximum absolute atomic E-state index is 9.81. The van der Waals surface area contributed by atoms with Gasteiger partial charge in [0.2, 0.25) is 6.29 Å². The second-order valence-electron chi connectivity index (χ2n) is 4.24. The summed E-state index contributed by atoms with van der Waals surface area (Å²) in [5, 5.41) is 29.7. The van der Waals surface area contributed by atoms with Crippen LogP contribution in [-0.2, 0) is 4.74 Å². The molecule has 0 bridgehead atoms. The molecule has 0 saturated carbocycles. The van der Waals surface area contributed by atoms with Crippen molar-refractivity contribution in [3.8, 4) is 5.75 Å². The normalized spacial score (nSPS) is 35.1. The van der Waals surface area contributed by atoms with Gasteiger partial charge in [0.25, 0.3) is 0 Å². The van der Waals surface area contributed by atoms with Crippen molar-refractivity contribution in [1.29, 1.82) is 0 Å². The fourth-order valence-electron chi connectivity index (χ4n) is 1.79. The first-order valence-corrected chi connectivity index (χ1v) is 6.62. The highest BCUT2D eigenvalue weighted by Gasteiger charge is 2.44. The Morgan fingerprint density at radius 1 is 1.05 bits per heavy atom. The van der Waals surface area contributed by atoms with Gasteiger partial charge in [-0.25, -0.2) is 0 Å². The van der Waals surface area contributed by atoms with E-state index in [1.807, 2.05) is 0 Å². The maximum Gasteiger partial charge on any atom is 0.229 e. The van der Waals surface area contributed by atoms with Crippen LogP contribution in [0.1, 0.15) is 0 Å². The van der Waals surface area contributed by atoms with Gasteiger partial charge >= 0.3 is 0 Å². The molecule has 2 rings (SSSR count). The third kappa shape index (κ3) is 3.31. The van der Waals surface area contributed by atoms with Crippen LogP contribution in [0.3, 0.4) is 0 Å². The van der Waals surface area contributed by atoms with Crippen LogP contribution in [0.15, 0.2) is 24.3 Å². The van der Waals surface area contributed by atoms with E-state index in [-0.39, 0.29) is 5.88 Å². The summed E-state index contributed by atoms with van der Waals surface area (Å²) in [6.07, 6.45) is -5.92. The zero-order chi connectivity index (χ0) is 14.0. The lowest BCUT2D eigenvalue weighted by Gasteiger charge is -2.39. The molecule has 0 radical (unpaired) electrons. The number of hydrogen-bond donors (Lipinski definition) is 3. The van der Waals surface area contributed by atoms with Crippen molar-refractivity contribution in [2.45, 2.75) is 30.7 Å². The molecule has 0 unspecified atom stereocenters. The molecule has 3 N–H and O–H groups in total.